The van der Waals surface area contributed by atoms with E-state index < -0.39 is 0 Å². The van der Waals surface area contributed by atoms with E-state index in [1.54, 1.807) is 0 Å². The van der Waals surface area contributed by atoms with Crippen LogP contribution in [0.15, 0.2) is 12.4 Å². The van der Waals surface area contributed by atoms with Gasteiger partial charge in [0.1, 0.15) is 18.5 Å². The Kier molecular flexibility index (Phi) is 2.67. The predicted molar refractivity (Wildman–Crippen MR) is 40.6 cm³/mol. The van der Waals surface area contributed by atoms with Gasteiger partial charge in [-0.25, -0.2) is 9.55 Å². The van der Waals surface area contributed by atoms with E-state index in [1.807, 2.05) is 17.0 Å². The molecule has 1 N–H and O–H groups in total. The molecule has 0 radical (unpaired) electrons. The van der Waals surface area contributed by atoms with Crippen molar-refractivity contribution in [1.82, 2.24) is 4.98 Å². The highest BCUT2D eigenvalue weighted by molar-refractivity contribution is 4.78. The van der Waals surface area contributed by atoms with Gasteiger partial charge in [0.25, 0.3) is 5.82 Å². The normalized spacial score (nSPS) is 9.45. The summed E-state index contributed by atoms with van der Waals surface area (Å²) in [5, 5.41) is 8.45. The predicted octanol–water partition coefficient (Wildman–Crippen LogP) is 0.778. The van der Waals surface area contributed by atoms with Gasteiger partial charge in [-0.15, -0.1) is 0 Å². The molecule has 1 rings (SSSR count). The molecule has 0 aliphatic rings. The molecule has 0 bridgehead atoms. The topological polar surface area (TPSA) is 43.5 Å². The molecule has 11 heavy (non-hydrogen) atoms. The Balaban J connectivity index is 2.71. The van der Waals surface area contributed by atoms with Crippen molar-refractivity contribution in [2.45, 2.75) is 26.3 Å². The molecule has 0 amide bonds. The van der Waals surface area contributed by atoms with Crippen LogP contribution < -0.4 is 4.57 Å². The molecular formula is C8H12N3+. The van der Waals surface area contributed by atoms with Gasteiger partial charge in [0.15, 0.2) is 6.54 Å². The van der Waals surface area contributed by atoms with Gasteiger partial charge in [-0.3, -0.25) is 0 Å². The number of aryl methyl sites for hydroxylation is 1. The minimum Gasteiger partial charge on any atom is -0.248 e. The maximum Gasteiger partial charge on any atom is 0.255 e. The van der Waals surface area contributed by atoms with Crippen LogP contribution in [0.4, 0.5) is 0 Å². The fourth-order valence-corrected chi connectivity index (χ4v) is 1.07. The number of imidazole rings is 1. The molecule has 0 aromatic carbocycles. The Morgan fingerprint density at radius 3 is 3.18 bits per heavy atom. The molecule has 1 aromatic heterocycles. The lowest BCUT2D eigenvalue weighted by Crippen LogP contribution is -2.35. The molecule has 3 heteroatoms. The second-order valence-electron chi connectivity index (χ2n) is 2.44. The van der Waals surface area contributed by atoms with Crippen LogP contribution >= 0.6 is 0 Å². The first kappa shape index (κ1) is 7.80. The lowest BCUT2D eigenvalue weighted by Gasteiger charge is -1.91. The minimum absolute atomic E-state index is 0.443. The molecular weight excluding hydrogens is 138 g/mol. The highest BCUT2D eigenvalue weighted by Crippen LogP contribution is 1.91. The zero-order chi connectivity index (χ0) is 8.10. The van der Waals surface area contributed by atoms with Crippen molar-refractivity contribution in [3.05, 3.63) is 18.2 Å². The number of rotatable bonds is 3. The lowest BCUT2D eigenvalue weighted by molar-refractivity contribution is -0.691. The number of aromatic nitrogens is 2. The largest absolute Gasteiger partial charge is 0.255 e. The van der Waals surface area contributed by atoms with Crippen LogP contribution in [0, 0.1) is 11.3 Å². The molecule has 0 saturated carbocycles. The van der Waals surface area contributed by atoms with Crippen LogP contribution in [0.3, 0.4) is 0 Å². The molecule has 0 atom stereocenters. The van der Waals surface area contributed by atoms with Gasteiger partial charge in [0.05, 0.1) is 0 Å². The number of nitrogens with one attached hydrogen (secondary N) is 1. The summed E-state index contributed by atoms with van der Waals surface area (Å²) in [6.45, 7) is 2.57. The smallest absolute Gasteiger partial charge is 0.248 e. The summed E-state index contributed by atoms with van der Waals surface area (Å²) in [5.41, 5.74) is 0. The molecule has 58 valence electrons. The summed E-state index contributed by atoms with van der Waals surface area (Å²) >= 11 is 0. The summed E-state index contributed by atoms with van der Waals surface area (Å²) in [7, 11) is 0. The van der Waals surface area contributed by atoms with Gasteiger partial charge < -0.3 is 0 Å². The van der Waals surface area contributed by atoms with Crippen molar-refractivity contribution in [2.24, 2.45) is 0 Å². The number of hydrogen-bond acceptors (Lipinski definition) is 1. The van der Waals surface area contributed by atoms with Crippen LogP contribution in [0.5, 0.6) is 0 Å². The van der Waals surface area contributed by atoms with Crippen LogP contribution in [-0.4, -0.2) is 4.98 Å². The fourth-order valence-electron chi connectivity index (χ4n) is 1.07. The van der Waals surface area contributed by atoms with E-state index in [1.165, 1.54) is 0 Å². The van der Waals surface area contributed by atoms with Crippen LogP contribution in [0.25, 0.3) is 0 Å². The first-order valence-electron chi connectivity index (χ1n) is 3.81. The number of hydrogen-bond donors (Lipinski definition) is 1. The fraction of sp³-hybridized carbons (Fsp3) is 0.500. The molecule has 1 heterocycles. The number of H-pyrrole nitrogens is 1. The van der Waals surface area contributed by atoms with E-state index >= 15 is 0 Å². The van der Waals surface area contributed by atoms with E-state index in [0.717, 1.165) is 18.7 Å². The maximum atomic E-state index is 8.45. The van der Waals surface area contributed by atoms with E-state index in [0.29, 0.717) is 6.54 Å². The Bertz CT molecular complexity index is 257. The average molecular weight is 150 g/mol. The first-order valence-corrected chi connectivity index (χ1v) is 3.81. The van der Waals surface area contributed by atoms with Gasteiger partial charge in [0, 0.05) is 6.42 Å². The van der Waals surface area contributed by atoms with E-state index in [9.17, 15) is 0 Å². The molecule has 0 aliphatic carbocycles. The van der Waals surface area contributed by atoms with Crippen molar-refractivity contribution in [2.75, 3.05) is 0 Å². The number of nitriles is 1. The maximum absolute atomic E-state index is 8.45. The molecule has 0 spiro atoms. The average Bonchev–Trinajstić information content (AvgIpc) is 2.39. The van der Waals surface area contributed by atoms with Crippen molar-refractivity contribution in [3.8, 4) is 6.07 Å². The quantitative estimate of drug-likeness (QED) is 0.636. The van der Waals surface area contributed by atoms with Crippen molar-refractivity contribution < 1.29 is 4.57 Å². The summed E-state index contributed by atoms with van der Waals surface area (Å²) in [6, 6.07) is 2.11. The second-order valence-corrected chi connectivity index (χ2v) is 2.44. The minimum atomic E-state index is 0.443. The highest BCUT2D eigenvalue weighted by atomic mass is 15.1. The molecule has 0 fully saturated rings. The van der Waals surface area contributed by atoms with Crippen molar-refractivity contribution >= 4 is 0 Å². The molecule has 0 unspecified atom stereocenters. The third kappa shape index (κ3) is 1.81. The summed E-state index contributed by atoms with van der Waals surface area (Å²) < 4.78 is 1.93. The third-order valence-corrected chi connectivity index (χ3v) is 1.58. The number of nitrogens with zero attached hydrogens (tertiary/aromatic N) is 2. The first-order chi connectivity index (χ1) is 5.38. The van der Waals surface area contributed by atoms with E-state index in [4.69, 9.17) is 5.26 Å². The van der Waals surface area contributed by atoms with Crippen LogP contribution in [0.2, 0.25) is 0 Å². The van der Waals surface area contributed by atoms with Gasteiger partial charge in [-0.05, 0) is 6.42 Å². The second kappa shape index (κ2) is 3.77. The standard InChI is InChI=1S/C8H11N3/c1-2-3-8-10-5-7-11(8)6-4-9/h5,7H,2-3,6H2,1H3/p+1. The molecule has 1 aromatic rings. The van der Waals surface area contributed by atoms with Crippen molar-refractivity contribution in [3.63, 3.8) is 0 Å². The summed E-state index contributed by atoms with van der Waals surface area (Å²) in [6.07, 6.45) is 5.87. The SMILES string of the molecule is CCCc1[nH]cc[n+]1CC#N. The monoisotopic (exact) mass is 150 g/mol. The zero-order valence-electron chi connectivity index (χ0n) is 6.67. The van der Waals surface area contributed by atoms with Gasteiger partial charge in [-0.2, -0.15) is 5.26 Å². The zero-order valence-corrected chi connectivity index (χ0v) is 6.67. The molecule has 3 nitrogen and oxygen atoms in total. The van der Waals surface area contributed by atoms with E-state index in [2.05, 4.69) is 18.0 Å². The van der Waals surface area contributed by atoms with Crippen LogP contribution in [0.1, 0.15) is 19.2 Å². The molecule has 0 aliphatic heterocycles. The Morgan fingerprint density at radius 2 is 2.55 bits per heavy atom. The Morgan fingerprint density at radius 1 is 1.73 bits per heavy atom. The molecule has 0 saturated heterocycles. The lowest BCUT2D eigenvalue weighted by atomic mass is 10.3. The Hall–Kier alpha value is -1.30. The van der Waals surface area contributed by atoms with Crippen LogP contribution in [-0.2, 0) is 13.0 Å². The third-order valence-electron chi connectivity index (χ3n) is 1.58. The number of aromatic amines is 1. The Labute approximate surface area is 66.3 Å². The highest BCUT2D eigenvalue weighted by Gasteiger charge is 2.06. The van der Waals surface area contributed by atoms with E-state index in [-0.39, 0.29) is 0 Å². The van der Waals surface area contributed by atoms with Gasteiger partial charge in [0.2, 0.25) is 0 Å². The van der Waals surface area contributed by atoms with Gasteiger partial charge >= 0.3 is 0 Å². The summed E-state index contributed by atoms with van der Waals surface area (Å²) in [5.74, 6) is 1.13. The summed E-state index contributed by atoms with van der Waals surface area (Å²) in [4.78, 5) is 3.10. The van der Waals surface area contributed by atoms with Gasteiger partial charge in [-0.1, -0.05) is 6.92 Å². The van der Waals surface area contributed by atoms with Crippen molar-refractivity contribution in [1.29, 1.82) is 5.26 Å².